The molecule has 234 valence electrons. The molecule has 3 atom stereocenters. The lowest BCUT2D eigenvalue weighted by Gasteiger charge is -2.33. The maximum absolute atomic E-state index is 13.1. The van der Waals surface area contributed by atoms with Crippen LogP contribution in [-0.2, 0) is 37.0 Å². The van der Waals surface area contributed by atoms with Crippen molar-refractivity contribution in [1.29, 1.82) is 0 Å². The highest BCUT2D eigenvalue weighted by atomic mass is 32.2. The van der Waals surface area contributed by atoms with Gasteiger partial charge in [-0.2, -0.15) is 8.42 Å². The van der Waals surface area contributed by atoms with Crippen LogP contribution >= 0.6 is 0 Å². The minimum atomic E-state index is -3.87. The van der Waals surface area contributed by atoms with Gasteiger partial charge >= 0.3 is 12.2 Å². The molecule has 3 rings (SSSR count). The van der Waals surface area contributed by atoms with E-state index in [1.54, 1.807) is 0 Å². The third-order valence-electron chi connectivity index (χ3n) is 6.73. The third kappa shape index (κ3) is 9.86. The monoisotopic (exact) mass is 624 g/mol. The lowest BCUT2D eigenvalue weighted by molar-refractivity contribution is -0.385. The number of ether oxygens (including phenoxy) is 2. The Kier molecular flexibility index (Phi) is 11.3. The van der Waals surface area contributed by atoms with Crippen molar-refractivity contribution in [3.8, 4) is 0 Å². The molecule has 0 radical (unpaired) electrons. The minimum absolute atomic E-state index is 0.0159. The number of nitro groups is 2. The molecular weight excluding hydrogens is 592 g/mol. The van der Waals surface area contributed by atoms with Gasteiger partial charge in [-0.25, -0.2) is 9.59 Å². The number of hydrogen-bond donors (Lipinski definition) is 1. The number of benzene rings is 2. The molecule has 2 aromatic carbocycles. The molecule has 0 aliphatic carbocycles. The van der Waals surface area contributed by atoms with Crippen molar-refractivity contribution in [3.63, 3.8) is 0 Å². The van der Waals surface area contributed by atoms with Crippen LogP contribution in [-0.4, -0.2) is 90.5 Å². The maximum atomic E-state index is 13.1. The number of aliphatic hydroxyl groups excluding tert-OH is 1. The molecule has 16 nitrogen and oxygen atoms in total. The number of nitro benzene ring substituents is 2. The quantitative estimate of drug-likeness (QED) is 0.194. The fourth-order valence-electron chi connectivity index (χ4n) is 4.71. The average Bonchev–Trinajstić information content (AvgIpc) is 3.36. The van der Waals surface area contributed by atoms with Gasteiger partial charge in [-0.15, -0.1) is 0 Å². The number of aliphatic hydroxyl groups is 1. The Balaban J connectivity index is 1.69. The molecular formula is C26H32N4O12S. The molecule has 1 unspecified atom stereocenters. The number of non-ortho nitro benzene ring substituents is 2. The van der Waals surface area contributed by atoms with Crippen molar-refractivity contribution >= 4 is 33.7 Å². The molecule has 0 spiro atoms. The van der Waals surface area contributed by atoms with Crippen LogP contribution < -0.4 is 0 Å². The van der Waals surface area contributed by atoms with Gasteiger partial charge in [0, 0.05) is 50.5 Å². The highest BCUT2D eigenvalue weighted by molar-refractivity contribution is 7.86. The highest BCUT2D eigenvalue weighted by Crippen LogP contribution is 2.30. The zero-order valence-corrected chi connectivity index (χ0v) is 24.3. The summed E-state index contributed by atoms with van der Waals surface area (Å²) in [4.78, 5) is 49.0. The molecule has 1 heterocycles. The Morgan fingerprint density at radius 3 is 1.98 bits per heavy atom. The van der Waals surface area contributed by atoms with Crippen LogP contribution in [0.15, 0.2) is 48.5 Å². The number of carbonyl (C=O) groups excluding carboxylic acids is 2. The van der Waals surface area contributed by atoms with Gasteiger partial charge in [0.2, 0.25) is 0 Å². The summed E-state index contributed by atoms with van der Waals surface area (Å²) >= 11 is 0. The summed E-state index contributed by atoms with van der Waals surface area (Å²) in [5, 5.41) is 31.5. The van der Waals surface area contributed by atoms with Crippen LogP contribution in [0, 0.1) is 26.1 Å². The highest BCUT2D eigenvalue weighted by Gasteiger charge is 2.42. The number of nitrogens with zero attached hydrogens (tertiary/aromatic N) is 4. The Hall–Kier alpha value is -4.35. The fourth-order valence-corrected chi connectivity index (χ4v) is 5.34. The van der Waals surface area contributed by atoms with E-state index in [9.17, 15) is 43.3 Å². The van der Waals surface area contributed by atoms with Crippen LogP contribution in [0.3, 0.4) is 0 Å². The van der Waals surface area contributed by atoms with Gasteiger partial charge in [-0.05, 0) is 54.2 Å². The van der Waals surface area contributed by atoms with Crippen LogP contribution in [0.5, 0.6) is 0 Å². The minimum Gasteiger partial charge on any atom is -0.445 e. The third-order valence-corrected chi connectivity index (χ3v) is 7.36. The van der Waals surface area contributed by atoms with Gasteiger partial charge in [-0.1, -0.05) is 0 Å². The zero-order chi connectivity index (χ0) is 31.7. The van der Waals surface area contributed by atoms with E-state index in [1.807, 2.05) is 0 Å². The van der Waals surface area contributed by atoms with Gasteiger partial charge in [0.05, 0.1) is 28.8 Å². The number of carbonyl (C=O) groups is 2. The summed E-state index contributed by atoms with van der Waals surface area (Å²) < 4.78 is 39.5. The second kappa shape index (κ2) is 14.7. The van der Waals surface area contributed by atoms with Crippen molar-refractivity contribution in [1.82, 2.24) is 9.80 Å². The molecule has 2 aromatic rings. The second-order valence-electron chi connectivity index (χ2n) is 9.99. The lowest BCUT2D eigenvalue weighted by Crippen LogP contribution is -2.45. The SMILES string of the molecule is CN(CC(CCO)[C@@H]1C[C@@H](OS(C)(=O)=O)CN1C(=O)OCc1ccc([N+](=O)[O-])cc1)C(=O)OCc1ccc([N+](=O)[O-])cc1. The number of amides is 2. The predicted molar refractivity (Wildman–Crippen MR) is 149 cm³/mol. The summed E-state index contributed by atoms with van der Waals surface area (Å²) in [6.45, 7) is -0.775. The normalized spacial score (nSPS) is 17.2. The van der Waals surface area contributed by atoms with Crippen molar-refractivity contribution in [2.75, 3.05) is 33.0 Å². The van der Waals surface area contributed by atoms with Crippen molar-refractivity contribution in [2.45, 2.75) is 38.2 Å². The van der Waals surface area contributed by atoms with Crippen molar-refractivity contribution in [3.05, 3.63) is 79.9 Å². The summed E-state index contributed by atoms with van der Waals surface area (Å²) in [5.74, 6) is -0.540. The summed E-state index contributed by atoms with van der Waals surface area (Å²) in [6.07, 6.45) is -1.31. The molecule has 2 amide bonds. The van der Waals surface area contributed by atoms with Crippen molar-refractivity contribution < 1.29 is 46.6 Å². The smallest absolute Gasteiger partial charge is 0.410 e. The molecule has 1 fully saturated rings. The Bertz CT molecular complexity index is 1400. The van der Waals surface area contributed by atoms with Gasteiger partial charge in [-0.3, -0.25) is 24.4 Å². The first kappa shape index (κ1) is 33.2. The first-order valence-electron chi connectivity index (χ1n) is 13.0. The maximum Gasteiger partial charge on any atom is 0.410 e. The van der Waals surface area contributed by atoms with E-state index >= 15 is 0 Å². The van der Waals surface area contributed by atoms with Gasteiger partial charge in [0.1, 0.15) is 13.2 Å². The molecule has 0 aromatic heterocycles. The number of hydrogen-bond acceptors (Lipinski definition) is 12. The fraction of sp³-hybridized carbons (Fsp3) is 0.462. The Labute approximate surface area is 247 Å². The molecule has 0 bridgehead atoms. The summed E-state index contributed by atoms with van der Waals surface area (Å²) in [7, 11) is -2.41. The van der Waals surface area contributed by atoms with Crippen LogP contribution in [0.2, 0.25) is 0 Å². The first-order valence-corrected chi connectivity index (χ1v) is 14.9. The van der Waals surface area contributed by atoms with Gasteiger partial charge < -0.3 is 24.4 Å². The predicted octanol–water partition coefficient (Wildman–Crippen LogP) is 2.83. The van der Waals surface area contributed by atoms with Gasteiger partial charge in [0.15, 0.2) is 0 Å². The van der Waals surface area contributed by atoms with E-state index in [0.29, 0.717) is 11.1 Å². The van der Waals surface area contributed by atoms with E-state index in [-0.39, 0.29) is 57.1 Å². The van der Waals surface area contributed by atoms with Crippen LogP contribution in [0.4, 0.5) is 21.0 Å². The average molecular weight is 625 g/mol. The van der Waals surface area contributed by atoms with Crippen molar-refractivity contribution in [2.24, 2.45) is 5.92 Å². The molecule has 1 N–H and O–H groups in total. The molecule has 1 aliphatic heterocycles. The summed E-state index contributed by atoms with van der Waals surface area (Å²) in [5.41, 5.74) is 0.779. The molecule has 0 saturated carbocycles. The molecule has 17 heteroatoms. The largest absolute Gasteiger partial charge is 0.445 e. The standard InChI is InChI=1S/C26H32N4O12S/c1-27(25(32)40-16-18-3-7-21(8-4-18)29(34)35)14-20(11-12-31)24-13-23(42-43(2,38)39)15-28(24)26(33)41-17-19-5-9-22(10-6-19)30(36)37/h3-10,20,23-24,31H,11-17H2,1-2H3/t20?,23-,24+/m1/s1. The number of likely N-dealkylation sites (tertiary alicyclic amines) is 1. The van der Waals surface area contributed by atoms with E-state index < -0.39 is 50.2 Å². The van der Waals surface area contributed by atoms with E-state index in [1.165, 1.54) is 65.4 Å². The van der Waals surface area contributed by atoms with E-state index in [4.69, 9.17) is 13.7 Å². The Morgan fingerprint density at radius 2 is 1.51 bits per heavy atom. The van der Waals surface area contributed by atoms with Gasteiger partial charge in [0.25, 0.3) is 21.5 Å². The summed E-state index contributed by atoms with van der Waals surface area (Å²) in [6, 6.07) is 10.2. The van der Waals surface area contributed by atoms with E-state index in [0.717, 1.165) is 6.26 Å². The molecule has 43 heavy (non-hydrogen) atoms. The number of rotatable bonds is 13. The van der Waals surface area contributed by atoms with Crippen LogP contribution in [0.1, 0.15) is 24.0 Å². The molecule has 1 aliphatic rings. The topological polar surface area (TPSA) is 209 Å². The van der Waals surface area contributed by atoms with E-state index in [2.05, 4.69) is 0 Å². The molecule has 1 saturated heterocycles. The lowest BCUT2D eigenvalue weighted by atomic mass is 9.93. The first-order chi connectivity index (χ1) is 20.3. The second-order valence-corrected chi connectivity index (χ2v) is 11.6. The zero-order valence-electron chi connectivity index (χ0n) is 23.4. The van der Waals surface area contributed by atoms with Crippen LogP contribution in [0.25, 0.3) is 0 Å². The Morgan fingerprint density at radius 1 is 1.00 bits per heavy atom.